The molecule has 0 spiro atoms. The monoisotopic (exact) mass is 325 g/mol. The van der Waals surface area contributed by atoms with Gasteiger partial charge < -0.3 is 10.1 Å². The number of rotatable bonds is 7. The van der Waals surface area contributed by atoms with E-state index in [2.05, 4.69) is 24.4 Å². The van der Waals surface area contributed by atoms with Crippen LogP contribution < -0.4 is 5.32 Å². The topological polar surface area (TPSA) is 55.4 Å². The minimum Gasteiger partial charge on any atom is -0.449 e. The van der Waals surface area contributed by atoms with E-state index in [-0.39, 0.29) is 11.8 Å². The van der Waals surface area contributed by atoms with Gasteiger partial charge in [0.1, 0.15) is 0 Å². The molecule has 0 aromatic heterocycles. The Hall–Kier alpha value is -2.62. The van der Waals surface area contributed by atoms with Crippen LogP contribution in [0.3, 0.4) is 0 Å². The van der Waals surface area contributed by atoms with E-state index in [9.17, 15) is 9.59 Å². The van der Waals surface area contributed by atoms with Crippen molar-refractivity contribution in [1.29, 1.82) is 0 Å². The molecule has 126 valence electrons. The molecule has 1 amide bonds. The summed E-state index contributed by atoms with van der Waals surface area (Å²) in [6.07, 6.45) is 0.0913. The van der Waals surface area contributed by atoms with Crippen LogP contribution in [0.4, 0.5) is 0 Å². The number of amides is 1. The van der Waals surface area contributed by atoms with Gasteiger partial charge in [-0.15, -0.1) is 0 Å². The fourth-order valence-corrected chi connectivity index (χ4v) is 2.45. The van der Waals surface area contributed by atoms with Crippen molar-refractivity contribution in [2.75, 3.05) is 6.54 Å². The van der Waals surface area contributed by atoms with Gasteiger partial charge in [0.15, 0.2) is 6.10 Å². The number of hydrogen-bond donors (Lipinski definition) is 1. The average Bonchev–Trinajstić information content (AvgIpc) is 2.63. The van der Waals surface area contributed by atoms with Gasteiger partial charge in [-0.1, -0.05) is 55.5 Å². The van der Waals surface area contributed by atoms with Crippen LogP contribution in [0, 0.1) is 0 Å². The molecule has 0 heterocycles. The minimum atomic E-state index is -0.828. The molecular formula is C20H23NO3. The Morgan fingerprint density at radius 1 is 1.00 bits per heavy atom. The molecule has 0 saturated carbocycles. The number of benzene rings is 2. The normalized spacial score (nSPS) is 12.9. The highest BCUT2D eigenvalue weighted by Crippen LogP contribution is 2.18. The van der Waals surface area contributed by atoms with Gasteiger partial charge >= 0.3 is 5.97 Å². The lowest BCUT2D eigenvalue weighted by Gasteiger charge is -2.18. The molecule has 2 aromatic rings. The Kier molecular flexibility index (Phi) is 6.55. The van der Waals surface area contributed by atoms with Crippen molar-refractivity contribution in [2.24, 2.45) is 0 Å². The van der Waals surface area contributed by atoms with Crippen molar-refractivity contribution >= 4 is 11.9 Å². The lowest BCUT2D eigenvalue weighted by Crippen LogP contribution is -2.38. The first-order chi connectivity index (χ1) is 11.6. The van der Waals surface area contributed by atoms with E-state index in [0.29, 0.717) is 12.1 Å². The predicted octanol–water partition coefficient (Wildman–Crippen LogP) is 3.54. The van der Waals surface area contributed by atoms with Gasteiger partial charge in [0, 0.05) is 12.5 Å². The first-order valence-corrected chi connectivity index (χ1v) is 8.20. The van der Waals surface area contributed by atoms with Crippen molar-refractivity contribution in [3.8, 4) is 0 Å². The molecule has 2 atom stereocenters. The third kappa shape index (κ3) is 4.95. The van der Waals surface area contributed by atoms with Gasteiger partial charge in [0.25, 0.3) is 5.91 Å². The summed E-state index contributed by atoms with van der Waals surface area (Å²) < 4.78 is 5.22. The molecule has 0 aliphatic carbocycles. The lowest BCUT2D eigenvalue weighted by molar-refractivity contribution is -0.129. The number of carbonyl (C=O) groups excluding carboxylic acids is 2. The summed E-state index contributed by atoms with van der Waals surface area (Å²) in [7, 11) is 0. The van der Waals surface area contributed by atoms with Crippen LogP contribution in [0.15, 0.2) is 60.7 Å². The zero-order chi connectivity index (χ0) is 17.4. The SMILES string of the molecule is CC[C@@H](CNC(=O)[C@H](C)OC(=O)c1ccccc1)c1ccccc1. The number of esters is 1. The summed E-state index contributed by atoms with van der Waals surface area (Å²) in [5.74, 6) is -0.533. The summed E-state index contributed by atoms with van der Waals surface area (Å²) in [4.78, 5) is 24.1. The Balaban J connectivity index is 1.86. The van der Waals surface area contributed by atoms with Crippen LogP contribution in [0.25, 0.3) is 0 Å². The van der Waals surface area contributed by atoms with E-state index in [1.165, 1.54) is 5.56 Å². The quantitative estimate of drug-likeness (QED) is 0.792. The Labute approximate surface area is 142 Å². The fourth-order valence-electron chi connectivity index (χ4n) is 2.45. The number of ether oxygens (including phenoxy) is 1. The number of carbonyl (C=O) groups is 2. The Morgan fingerprint density at radius 3 is 2.17 bits per heavy atom. The van der Waals surface area contributed by atoms with E-state index in [4.69, 9.17) is 4.74 Å². The highest BCUT2D eigenvalue weighted by atomic mass is 16.5. The second-order valence-corrected chi connectivity index (χ2v) is 5.67. The third-order valence-electron chi connectivity index (χ3n) is 3.95. The maximum Gasteiger partial charge on any atom is 0.338 e. The molecule has 4 nitrogen and oxygen atoms in total. The lowest BCUT2D eigenvalue weighted by atomic mass is 9.96. The highest BCUT2D eigenvalue weighted by Gasteiger charge is 2.19. The molecule has 2 rings (SSSR count). The molecule has 4 heteroatoms. The summed E-state index contributed by atoms with van der Waals surface area (Å²) in [6, 6.07) is 18.7. The molecule has 0 saturated heterocycles. The van der Waals surface area contributed by atoms with Gasteiger partial charge in [-0.05, 0) is 31.0 Å². The van der Waals surface area contributed by atoms with Gasteiger partial charge in [-0.25, -0.2) is 4.79 Å². The summed E-state index contributed by atoms with van der Waals surface area (Å²) >= 11 is 0. The van der Waals surface area contributed by atoms with Crippen LogP contribution in [0.1, 0.15) is 42.1 Å². The summed E-state index contributed by atoms with van der Waals surface area (Å²) in [5.41, 5.74) is 1.63. The van der Waals surface area contributed by atoms with E-state index < -0.39 is 12.1 Å². The van der Waals surface area contributed by atoms with Gasteiger partial charge in [-0.2, -0.15) is 0 Å². The van der Waals surface area contributed by atoms with Gasteiger partial charge in [0.2, 0.25) is 0 Å². The Morgan fingerprint density at radius 2 is 1.58 bits per heavy atom. The second kappa shape index (κ2) is 8.87. The highest BCUT2D eigenvalue weighted by molar-refractivity contribution is 5.92. The van der Waals surface area contributed by atoms with E-state index in [0.717, 1.165) is 6.42 Å². The molecule has 24 heavy (non-hydrogen) atoms. The van der Waals surface area contributed by atoms with Crippen molar-refractivity contribution in [3.05, 3.63) is 71.8 Å². The number of nitrogens with one attached hydrogen (secondary N) is 1. The van der Waals surface area contributed by atoms with Crippen molar-refractivity contribution in [3.63, 3.8) is 0 Å². The molecule has 0 radical (unpaired) electrons. The van der Waals surface area contributed by atoms with Crippen molar-refractivity contribution in [1.82, 2.24) is 5.32 Å². The van der Waals surface area contributed by atoms with Gasteiger partial charge in [-0.3, -0.25) is 4.79 Å². The summed E-state index contributed by atoms with van der Waals surface area (Å²) in [6.45, 7) is 4.19. The minimum absolute atomic E-state index is 0.243. The average molecular weight is 325 g/mol. The zero-order valence-corrected chi connectivity index (χ0v) is 14.1. The second-order valence-electron chi connectivity index (χ2n) is 5.67. The largest absolute Gasteiger partial charge is 0.449 e. The van der Waals surface area contributed by atoms with Crippen LogP contribution in [-0.4, -0.2) is 24.5 Å². The fraction of sp³-hybridized carbons (Fsp3) is 0.300. The predicted molar refractivity (Wildman–Crippen MR) is 93.8 cm³/mol. The van der Waals surface area contributed by atoms with Crippen LogP contribution in [0.5, 0.6) is 0 Å². The molecule has 0 aliphatic heterocycles. The first kappa shape index (κ1) is 17.7. The Bertz CT molecular complexity index is 655. The molecule has 0 fully saturated rings. The van der Waals surface area contributed by atoms with E-state index >= 15 is 0 Å². The standard InChI is InChI=1S/C20H23NO3/c1-3-16(17-10-6-4-7-11-17)14-21-19(22)15(2)24-20(23)18-12-8-5-9-13-18/h4-13,15-16H,3,14H2,1-2H3,(H,21,22)/t15-,16-/m0/s1. The smallest absolute Gasteiger partial charge is 0.338 e. The molecule has 0 aliphatic rings. The van der Waals surface area contributed by atoms with E-state index in [1.54, 1.807) is 31.2 Å². The maximum atomic E-state index is 12.2. The van der Waals surface area contributed by atoms with E-state index in [1.807, 2.05) is 24.3 Å². The first-order valence-electron chi connectivity index (χ1n) is 8.20. The van der Waals surface area contributed by atoms with Crippen LogP contribution >= 0.6 is 0 Å². The molecule has 0 unspecified atom stereocenters. The van der Waals surface area contributed by atoms with Crippen LogP contribution in [-0.2, 0) is 9.53 Å². The molecule has 0 bridgehead atoms. The molecule has 1 N–H and O–H groups in total. The molecule has 2 aromatic carbocycles. The third-order valence-corrected chi connectivity index (χ3v) is 3.95. The van der Waals surface area contributed by atoms with Gasteiger partial charge in [0.05, 0.1) is 5.56 Å². The maximum absolute atomic E-state index is 12.2. The molecular weight excluding hydrogens is 302 g/mol. The van der Waals surface area contributed by atoms with Crippen LogP contribution in [0.2, 0.25) is 0 Å². The van der Waals surface area contributed by atoms with Crippen molar-refractivity contribution < 1.29 is 14.3 Å². The summed E-state index contributed by atoms with van der Waals surface area (Å²) in [5, 5.41) is 2.87. The number of hydrogen-bond acceptors (Lipinski definition) is 3. The van der Waals surface area contributed by atoms with Crippen molar-refractivity contribution in [2.45, 2.75) is 32.3 Å². The zero-order valence-electron chi connectivity index (χ0n) is 14.1.